The van der Waals surface area contributed by atoms with Crippen LogP contribution in [0, 0.1) is 17.0 Å². The molecule has 0 saturated carbocycles. The van der Waals surface area contributed by atoms with Gasteiger partial charge >= 0.3 is 0 Å². The Hall–Kier alpha value is -3.53. The molecule has 0 amide bonds. The number of phenols is 1. The van der Waals surface area contributed by atoms with Crippen LogP contribution in [0.2, 0.25) is 0 Å². The van der Waals surface area contributed by atoms with Crippen LogP contribution in [0.5, 0.6) is 5.75 Å². The Morgan fingerprint density at radius 3 is 1.76 bits per heavy atom. The number of rotatable bonds is 7. The number of ketones is 1. The largest absolute Gasteiger partial charge is 0.507 e. The molecule has 38 heavy (non-hydrogen) atoms. The zero-order chi connectivity index (χ0) is 28.8. The SMILES string of the molecule is C=C(/C(=C(\C)c1cc(O)c(C(C)=O)cc1[C@@H](CC)C(C)(C)C)c1ccc(F)cc1)c1ccc(F)cc1.CC. The average molecular weight is 519 g/mol. The van der Waals surface area contributed by atoms with Crippen LogP contribution in [0.4, 0.5) is 8.78 Å². The average Bonchev–Trinajstić information content (AvgIpc) is 2.86. The quantitative estimate of drug-likeness (QED) is 0.192. The summed E-state index contributed by atoms with van der Waals surface area (Å²) in [7, 11) is 0. The summed E-state index contributed by atoms with van der Waals surface area (Å²) in [6, 6.07) is 15.7. The molecule has 1 atom stereocenters. The van der Waals surface area contributed by atoms with Gasteiger partial charge in [0.25, 0.3) is 0 Å². The molecule has 0 heterocycles. The summed E-state index contributed by atoms with van der Waals surface area (Å²) in [6.07, 6.45) is 0.830. The Kier molecular flexibility index (Phi) is 10.4. The van der Waals surface area contributed by atoms with Gasteiger partial charge in [0.05, 0.1) is 5.56 Å². The number of halogens is 2. The van der Waals surface area contributed by atoms with Gasteiger partial charge in [-0.25, -0.2) is 8.78 Å². The summed E-state index contributed by atoms with van der Waals surface area (Å²) in [5.74, 6) is -0.908. The first kappa shape index (κ1) is 30.7. The van der Waals surface area contributed by atoms with E-state index in [0.29, 0.717) is 5.57 Å². The second-order valence-electron chi connectivity index (χ2n) is 10.3. The topological polar surface area (TPSA) is 37.3 Å². The zero-order valence-electron chi connectivity index (χ0n) is 23.9. The molecular formula is C34H40F2O2. The van der Waals surface area contributed by atoms with E-state index in [4.69, 9.17) is 0 Å². The summed E-state index contributed by atoms with van der Waals surface area (Å²) in [5, 5.41) is 10.8. The summed E-state index contributed by atoms with van der Waals surface area (Å²) < 4.78 is 27.5. The minimum absolute atomic E-state index is 0.0878. The van der Waals surface area contributed by atoms with Crippen molar-refractivity contribution in [2.75, 3.05) is 0 Å². The number of allylic oxidation sites excluding steroid dienone is 3. The molecule has 0 bridgehead atoms. The van der Waals surface area contributed by atoms with Gasteiger partial charge in [0.2, 0.25) is 0 Å². The van der Waals surface area contributed by atoms with Crippen LogP contribution >= 0.6 is 0 Å². The minimum Gasteiger partial charge on any atom is -0.507 e. The third-order valence-electron chi connectivity index (χ3n) is 6.78. The number of carbonyl (C=O) groups is 1. The van der Waals surface area contributed by atoms with Gasteiger partial charge in [-0.15, -0.1) is 0 Å². The molecule has 0 aliphatic heterocycles. The Labute approximate surface area is 226 Å². The number of carbonyl (C=O) groups excluding carboxylic acids is 1. The summed E-state index contributed by atoms with van der Waals surface area (Å²) in [6.45, 7) is 20.3. The van der Waals surface area contributed by atoms with E-state index in [1.807, 2.05) is 20.8 Å². The molecule has 0 unspecified atom stereocenters. The molecule has 2 nitrogen and oxygen atoms in total. The fourth-order valence-electron chi connectivity index (χ4n) is 4.96. The van der Waals surface area contributed by atoms with Crippen LogP contribution in [-0.2, 0) is 0 Å². The predicted molar refractivity (Wildman–Crippen MR) is 156 cm³/mol. The van der Waals surface area contributed by atoms with E-state index < -0.39 is 0 Å². The van der Waals surface area contributed by atoms with Crippen molar-refractivity contribution in [2.24, 2.45) is 5.41 Å². The van der Waals surface area contributed by atoms with Crippen molar-refractivity contribution in [1.82, 2.24) is 0 Å². The molecule has 3 rings (SSSR count). The lowest BCUT2D eigenvalue weighted by Gasteiger charge is -2.33. The first-order chi connectivity index (χ1) is 17.8. The maximum absolute atomic E-state index is 13.8. The maximum atomic E-state index is 13.8. The molecule has 202 valence electrons. The number of aromatic hydroxyl groups is 1. The first-order valence-electron chi connectivity index (χ1n) is 13.1. The Bertz CT molecular complexity index is 1310. The molecule has 0 spiro atoms. The van der Waals surface area contributed by atoms with Crippen LogP contribution in [-0.4, -0.2) is 10.9 Å². The Balaban J connectivity index is 0.00000247. The molecule has 0 fully saturated rings. The van der Waals surface area contributed by atoms with Gasteiger partial charge in [-0.05, 0) is 107 Å². The smallest absolute Gasteiger partial charge is 0.163 e. The van der Waals surface area contributed by atoms with E-state index in [2.05, 4.69) is 34.3 Å². The van der Waals surface area contributed by atoms with E-state index in [9.17, 15) is 18.7 Å². The molecule has 3 aromatic rings. The highest BCUT2D eigenvalue weighted by atomic mass is 19.1. The standard InChI is InChI=1S/C32H34F2O2.C2H6/c1-8-29(32(5,6)7)28-17-27(21(4)35)30(36)18-26(28)20(3)31(23-11-15-25(34)16-12-23)19(2)22-9-13-24(33)14-10-22;1-2/h9-18,29,36H,2,8H2,1,3-7H3;1-2H3/b31-20-;/t29-;/m1./s1. The molecule has 4 heteroatoms. The molecule has 0 saturated heterocycles. The third-order valence-corrected chi connectivity index (χ3v) is 6.78. The number of benzene rings is 3. The fraction of sp³-hybridized carbons (Fsp3) is 0.324. The predicted octanol–water partition coefficient (Wildman–Crippen LogP) is 10.1. The second-order valence-corrected chi connectivity index (χ2v) is 10.3. The van der Waals surface area contributed by atoms with E-state index in [1.165, 1.54) is 31.2 Å². The van der Waals surface area contributed by atoms with Crippen LogP contribution in [0.15, 0.2) is 67.2 Å². The molecule has 0 aliphatic rings. The van der Waals surface area contributed by atoms with Crippen LogP contribution < -0.4 is 0 Å². The summed E-state index contributed by atoms with van der Waals surface area (Å²) >= 11 is 0. The van der Waals surface area contributed by atoms with Crippen molar-refractivity contribution >= 4 is 22.5 Å². The summed E-state index contributed by atoms with van der Waals surface area (Å²) in [5.41, 5.74) is 5.60. The normalized spacial score (nSPS) is 12.7. The van der Waals surface area contributed by atoms with Gasteiger partial charge in [-0.2, -0.15) is 0 Å². The highest BCUT2D eigenvalue weighted by Crippen LogP contribution is 2.45. The maximum Gasteiger partial charge on any atom is 0.163 e. The number of Topliss-reactive ketones (excluding diaryl/α,β-unsaturated/α-hetero) is 1. The van der Waals surface area contributed by atoms with Gasteiger partial charge in [0.1, 0.15) is 17.4 Å². The van der Waals surface area contributed by atoms with Crippen molar-refractivity contribution in [3.63, 3.8) is 0 Å². The van der Waals surface area contributed by atoms with Gasteiger partial charge in [0, 0.05) is 0 Å². The highest BCUT2D eigenvalue weighted by Gasteiger charge is 2.29. The number of phenolic OH excluding ortho intramolecular Hbond substituents is 1. The monoisotopic (exact) mass is 518 g/mol. The molecule has 0 aromatic heterocycles. The van der Waals surface area contributed by atoms with E-state index in [1.54, 1.807) is 36.4 Å². The molecule has 0 aliphatic carbocycles. The minimum atomic E-state index is -0.355. The molecule has 0 radical (unpaired) electrons. The van der Waals surface area contributed by atoms with Gasteiger partial charge in [0.15, 0.2) is 5.78 Å². The number of hydrogen-bond donors (Lipinski definition) is 1. The van der Waals surface area contributed by atoms with Gasteiger partial charge in [-0.1, -0.05) is 72.4 Å². The lowest BCUT2D eigenvalue weighted by atomic mass is 9.72. The third kappa shape index (κ3) is 6.86. The molecule has 1 N–H and O–H groups in total. The first-order valence-corrected chi connectivity index (χ1v) is 13.1. The zero-order valence-corrected chi connectivity index (χ0v) is 23.9. The Morgan fingerprint density at radius 2 is 1.34 bits per heavy atom. The Morgan fingerprint density at radius 1 is 0.868 bits per heavy atom. The van der Waals surface area contributed by atoms with E-state index in [-0.39, 0.29) is 40.1 Å². The molecular weight excluding hydrogens is 478 g/mol. The number of hydrogen-bond acceptors (Lipinski definition) is 2. The van der Waals surface area contributed by atoms with Crippen LogP contribution in [0.1, 0.15) is 100 Å². The van der Waals surface area contributed by atoms with Crippen molar-refractivity contribution in [2.45, 2.75) is 67.7 Å². The fourth-order valence-corrected chi connectivity index (χ4v) is 4.96. The highest BCUT2D eigenvalue weighted by molar-refractivity contribution is 6.14. The van der Waals surface area contributed by atoms with Crippen molar-refractivity contribution in [1.29, 1.82) is 0 Å². The van der Waals surface area contributed by atoms with Crippen molar-refractivity contribution < 1.29 is 18.7 Å². The lowest BCUT2D eigenvalue weighted by molar-refractivity contribution is 0.101. The van der Waals surface area contributed by atoms with E-state index >= 15 is 0 Å². The second kappa shape index (κ2) is 12.8. The van der Waals surface area contributed by atoms with Crippen LogP contribution in [0.25, 0.3) is 16.7 Å². The lowest BCUT2D eigenvalue weighted by Crippen LogP contribution is -2.19. The van der Waals surface area contributed by atoms with Crippen molar-refractivity contribution in [3.05, 3.63) is 107 Å². The van der Waals surface area contributed by atoms with Crippen molar-refractivity contribution in [3.8, 4) is 5.75 Å². The van der Waals surface area contributed by atoms with E-state index in [0.717, 1.165) is 39.8 Å². The van der Waals surface area contributed by atoms with Crippen LogP contribution in [0.3, 0.4) is 0 Å². The van der Waals surface area contributed by atoms with Gasteiger partial charge in [-0.3, -0.25) is 4.79 Å². The summed E-state index contributed by atoms with van der Waals surface area (Å²) in [4.78, 5) is 12.3. The molecule has 3 aromatic carbocycles. The van der Waals surface area contributed by atoms with Gasteiger partial charge < -0.3 is 5.11 Å².